The van der Waals surface area contributed by atoms with Gasteiger partial charge in [-0.1, -0.05) is 26.0 Å². The van der Waals surface area contributed by atoms with Crippen molar-refractivity contribution >= 4 is 5.91 Å². The quantitative estimate of drug-likeness (QED) is 0.743. The lowest BCUT2D eigenvalue weighted by molar-refractivity contribution is -0.141. The molecule has 0 spiro atoms. The van der Waals surface area contributed by atoms with E-state index in [4.69, 9.17) is 4.74 Å². The number of piperidine rings is 1. The molecule has 2 unspecified atom stereocenters. The highest BCUT2D eigenvalue weighted by atomic mass is 19.4. The third kappa shape index (κ3) is 4.91. The van der Waals surface area contributed by atoms with Crippen molar-refractivity contribution in [2.75, 3.05) is 26.2 Å². The fourth-order valence-corrected chi connectivity index (χ4v) is 4.55. The van der Waals surface area contributed by atoms with E-state index in [0.717, 1.165) is 44.6 Å². The van der Waals surface area contributed by atoms with E-state index in [1.807, 2.05) is 13.8 Å². The maximum Gasteiger partial charge on any atom is 0.416 e. The molecule has 3 aliphatic heterocycles. The molecule has 0 bridgehead atoms. The highest BCUT2D eigenvalue weighted by Gasteiger charge is 2.53. The van der Waals surface area contributed by atoms with Gasteiger partial charge in [0.25, 0.3) is 0 Å². The molecule has 2 atom stereocenters. The van der Waals surface area contributed by atoms with Gasteiger partial charge in [0.15, 0.2) is 6.23 Å². The molecule has 1 N–H and O–H groups in total. The number of aliphatic hydroxyl groups is 1. The molecule has 30 heavy (non-hydrogen) atoms. The summed E-state index contributed by atoms with van der Waals surface area (Å²) in [5.74, 6) is 0.00846. The summed E-state index contributed by atoms with van der Waals surface area (Å²) in [6.07, 6.45) is 3.31. The molecule has 168 valence electrons. The molecule has 3 aliphatic rings. The highest BCUT2D eigenvalue weighted by Crippen LogP contribution is 2.46. The van der Waals surface area contributed by atoms with Crippen LogP contribution in [-0.2, 0) is 9.53 Å². The number of hydrogen-bond acceptors (Lipinski definition) is 4. The molecule has 2 saturated heterocycles. The lowest BCUT2D eigenvalue weighted by atomic mass is 9.72. The van der Waals surface area contributed by atoms with Gasteiger partial charge in [0, 0.05) is 26.1 Å². The average molecular weight is 428 g/mol. The number of fused-ring (bicyclic) bond motifs is 1. The second-order valence-electron chi connectivity index (χ2n) is 8.74. The smallest absolute Gasteiger partial charge is 0.416 e. The standard InChI is InChI=1S/C22H31F3N2O3/c1-16(2)21(9-13-26-11-7-18(28)8-12-26)15-19-27(20(21)29)10-3-5-17(22(23,24)25)6-4-14-30-19/h3-6,14,16,18-19,28H,7-13,15H2,1-2H3/b5-3+,14-4+,17-6+. The molecule has 1 amide bonds. The lowest BCUT2D eigenvalue weighted by Gasteiger charge is -2.35. The summed E-state index contributed by atoms with van der Waals surface area (Å²) in [7, 11) is 0. The molecule has 5 nitrogen and oxygen atoms in total. The Morgan fingerprint density at radius 2 is 2.00 bits per heavy atom. The Morgan fingerprint density at radius 1 is 1.30 bits per heavy atom. The van der Waals surface area contributed by atoms with Crippen molar-refractivity contribution in [3.8, 4) is 0 Å². The van der Waals surface area contributed by atoms with Gasteiger partial charge in [0.05, 0.1) is 23.4 Å². The van der Waals surface area contributed by atoms with E-state index in [2.05, 4.69) is 4.90 Å². The van der Waals surface area contributed by atoms with E-state index in [1.165, 1.54) is 18.4 Å². The SMILES string of the molecule is CC(C)C1(CCN2CCC(O)CC2)CC2O/C=C/C=C(C(F)(F)F)\C=C\CN2C1=O. The predicted molar refractivity (Wildman–Crippen MR) is 107 cm³/mol. The largest absolute Gasteiger partial charge is 0.478 e. The topological polar surface area (TPSA) is 53.0 Å². The van der Waals surface area contributed by atoms with Crippen molar-refractivity contribution in [3.63, 3.8) is 0 Å². The molecule has 0 saturated carbocycles. The van der Waals surface area contributed by atoms with E-state index < -0.39 is 23.4 Å². The highest BCUT2D eigenvalue weighted by molar-refractivity contribution is 5.85. The Hall–Kier alpha value is -1.80. The van der Waals surface area contributed by atoms with Crippen molar-refractivity contribution in [3.05, 3.63) is 36.1 Å². The van der Waals surface area contributed by atoms with Crippen molar-refractivity contribution in [1.29, 1.82) is 0 Å². The molecule has 0 aliphatic carbocycles. The van der Waals surface area contributed by atoms with Crippen molar-refractivity contribution < 1.29 is 27.8 Å². The first kappa shape index (κ1) is 22.9. The number of amides is 1. The maximum absolute atomic E-state index is 13.5. The Balaban J connectivity index is 1.75. The fraction of sp³-hybridized carbons (Fsp3) is 0.682. The first-order valence-electron chi connectivity index (χ1n) is 10.6. The number of likely N-dealkylation sites (tertiary alicyclic amines) is 1. The van der Waals surface area contributed by atoms with Crippen LogP contribution in [0.15, 0.2) is 36.1 Å². The van der Waals surface area contributed by atoms with Gasteiger partial charge >= 0.3 is 6.18 Å². The van der Waals surface area contributed by atoms with Crippen LogP contribution in [0.1, 0.15) is 39.5 Å². The molecule has 8 heteroatoms. The van der Waals surface area contributed by atoms with Gasteiger partial charge < -0.3 is 19.6 Å². The van der Waals surface area contributed by atoms with Gasteiger partial charge in [0.1, 0.15) is 0 Å². The molecule has 0 aromatic carbocycles. The number of rotatable bonds is 4. The van der Waals surface area contributed by atoms with Crippen LogP contribution >= 0.6 is 0 Å². The number of allylic oxidation sites excluding steroid dienone is 4. The monoisotopic (exact) mass is 428 g/mol. The number of aliphatic hydroxyl groups excluding tert-OH is 1. The third-order valence-corrected chi connectivity index (χ3v) is 6.63. The van der Waals surface area contributed by atoms with Crippen LogP contribution in [-0.4, -0.2) is 65.5 Å². The number of hydrogen-bond donors (Lipinski definition) is 1. The Kier molecular flexibility index (Phi) is 6.97. The zero-order valence-corrected chi connectivity index (χ0v) is 17.6. The normalized spacial score (nSPS) is 33.0. The van der Waals surface area contributed by atoms with Gasteiger partial charge in [-0.2, -0.15) is 13.2 Å². The van der Waals surface area contributed by atoms with Crippen molar-refractivity contribution in [2.45, 2.75) is 58.0 Å². The number of alkyl halides is 3. The van der Waals surface area contributed by atoms with Crippen LogP contribution < -0.4 is 0 Å². The van der Waals surface area contributed by atoms with Crippen LogP contribution in [0.2, 0.25) is 0 Å². The second-order valence-corrected chi connectivity index (χ2v) is 8.74. The molecule has 3 heterocycles. The number of carbonyl (C=O) groups is 1. The lowest BCUT2D eigenvalue weighted by Crippen LogP contribution is -2.43. The minimum atomic E-state index is -4.46. The zero-order valence-electron chi connectivity index (χ0n) is 17.6. The van der Waals surface area contributed by atoms with Gasteiger partial charge in [-0.25, -0.2) is 0 Å². The molecule has 0 radical (unpaired) electrons. The molecule has 2 fully saturated rings. The second kappa shape index (κ2) is 9.14. The summed E-state index contributed by atoms with van der Waals surface area (Å²) < 4.78 is 44.9. The molecular weight excluding hydrogens is 397 g/mol. The predicted octanol–water partition coefficient (Wildman–Crippen LogP) is 3.62. The Labute approximate surface area is 175 Å². The van der Waals surface area contributed by atoms with E-state index >= 15 is 0 Å². The number of carbonyl (C=O) groups excluding carboxylic acids is 1. The number of ether oxygens (including phenoxy) is 1. The van der Waals surface area contributed by atoms with Gasteiger partial charge in [-0.3, -0.25) is 4.79 Å². The molecular formula is C22H31F3N2O3. The number of halogens is 3. The molecule has 0 aromatic rings. The van der Waals surface area contributed by atoms with E-state index in [-0.39, 0.29) is 24.5 Å². The summed E-state index contributed by atoms with van der Waals surface area (Å²) in [5, 5.41) is 9.70. The van der Waals surface area contributed by atoms with Crippen LogP contribution in [0.4, 0.5) is 13.2 Å². The molecule has 0 aromatic heterocycles. The zero-order chi connectivity index (χ0) is 21.9. The van der Waals surface area contributed by atoms with Gasteiger partial charge in [0.2, 0.25) is 5.91 Å². The summed E-state index contributed by atoms with van der Waals surface area (Å²) >= 11 is 0. The van der Waals surface area contributed by atoms with Crippen molar-refractivity contribution in [1.82, 2.24) is 9.80 Å². The summed E-state index contributed by atoms with van der Waals surface area (Å²) in [5.41, 5.74) is -1.40. The van der Waals surface area contributed by atoms with E-state index in [0.29, 0.717) is 12.8 Å². The van der Waals surface area contributed by atoms with Crippen molar-refractivity contribution in [2.24, 2.45) is 11.3 Å². The first-order chi connectivity index (χ1) is 14.1. The Morgan fingerprint density at radius 3 is 2.63 bits per heavy atom. The minimum absolute atomic E-state index is 0.0595. The van der Waals surface area contributed by atoms with Crippen LogP contribution in [0.5, 0.6) is 0 Å². The van der Waals surface area contributed by atoms with Gasteiger partial charge in [-0.15, -0.1) is 0 Å². The molecule has 3 rings (SSSR count). The summed E-state index contributed by atoms with van der Waals surface area (Å²) in [4.78, 5) is 17.3. The minimum Gasteiger partial charge on any atom is -0.478 e. The first-order valence-corrected chi connectivity index (χ1v) is 10.6. The fourth-order valence-electron chi connectivity index (χ4n) is 4.55. The summed E-state index contributed by atoms with van der Waals surface area (Å²) in [6.45, 7) is 6.49. The van der Waals surface area contributed by atoms with Crippen LogP contribution in [0.25, 0.3) is 0 Å². The average Bonchev–Trinajstić information content (AvgIpc) is 2.96. The van der Waals surface area contributed by atoms with E-state index in [9.17, 15) is 23.1 Å². The third-order valence-electron chi connectivity index (χ3n) is 6.63. The summed E-state index contributed by atoms with van der Waals surface area (Å²) in [6, 6.07) is 0. The maximum atomic E-state index is 13.5. The Bertz CT molecular complexity index is 709. The van der Waals surface area contributed by atoms with E-state index in [1.54, 1.807) is 4.90 Å². The van der Waals surface area contributed by atoms with Gasteiger partial charge in [-0.05, 0) is 43.9 Å². The van der Waals surface area contributed by atoms with Crippen LogP contribution in [0, 0.1) is 11.3 Å². The number of nitrogens with zero attached hydrogens (tertiary/aromatic N) is 2. The van der Waals surface area contributed by atoms with Crippen LogP contribution in [0.3, 0.4) is 0 Å².